The van der Waals surface area contributed by atoms with Crippen LogP contribution in [0.1, 0.15) is 5.56 Å². The molecule has 5 nitrogen and oxygen atoms in total. The maximum Gasteiger partial charge on any atom is 0.387 e. The normalized spacial score (nSPS) is 11.5. The van der Waals surface area contributed by atoms with Crippen molar-refractivity contribution in [3.05, 3.63) is 47.9 Å². The Morgan fingerprint density at radius 1 is 1.26 bits per heavy atom. The molecule has 1 aromatic carbocycles. The fourth-order valence-electron chi connectivity index (χ4n) is 1.75. The molecule has 124 valence electrons. The largest absolute Gasteiger partial charge is 0.432 e. The summed E-state index contributed by atoms with van der Waals surface area (Å²) in [7, 11) is -3.37. The first-order chi connectivity index (χ1) is 10.8. The number of rotatable bonds is 6. The van der Waals surface area contributed by atoms with E-state index in [1.165, 1.54) is 24.4 Å². The van der Waals surface area contributed by atoms with Crippen molar-refractivity contribution in [2.75, 3.05) is 11.6 Å². The first kappa shape index (κ1) is 17.1. The van der Waals surface area contributed by atoms with Crippen LogP contribution in [0.5, 0.6) is 5.75 Å². The van der Waals surface area contributed by atoms with Crippen LogP contribution in [-0.4, -0.2) is 26.3 Å². The van der Waals surface area contributed by atoms with Crippen LogP contribution in [0.2, 0.25) is 0 Å². The molecule has 0 radical (unpaired) electrons. The first-order valence-electron chi connectivity index (χ1n) is 6.39. The molecule has 0 fully saturated rings. The topological polar surface area (TPSA) is 68.3 Å². The van der Waals surface area contributed by atoms with Gasteiger partial charge in [0.15, 0.2) is 26.4 Å². The number of pyridine rings is 1. The zero-order valence-electron chi connectivity index (χ0n) is 12.0. The Morgan fingerprint density at radius 2 is 2.00 bits per heavy atom. The average molecular weight is 346 g/mol. The van der Waals surface area contributed by atoms with Gasteiger partial charge in [0.1, 0.15) is 0 Å². The summed E-state index contributed by atoms with van der Waals surface area (Å²) < 4.78 is 64.2. The standard InChI is InChI=1S/C14H13F3N2O3S/c1-23(20,21)13-5-3-10(8-19-13)18-7-9-2-4-12(11(15)6-9)22-14(16)17/h2-6,8,14,18H,7H2,1H3. The number of benzene rings is 1. The van der Waals surface area contributed by atoms with Crippen molar-refractivity contribution in [3.8, 4) is 5.75 Å². The van der Waals surface area contributed by atoms with Crippen LogP contribution in [-0.2, 0) is 16.4 Å². The van der Waals surface area contributed by atoms with Gasteiger partial charge < -0.3 is 10.1 Å². The highest BCUT2D eigenvalue weighted by molar-refractivity contribution is 7.90. The second-order valence-corrected chi connectivity index (χ2v) is 6.62. The molecule has 0 spiro atoms. The lowest BCUT2D eigenvalue weighted by Crippen LogP contribution is -2.05. The lowest BCUT2D eigenvalue weighted by Gasteiger charge is -2.09. The van der Waals surface area contributed by atoms with Crippen LogP contribution in [0.3, 0.4) is 0 Å². The maximum absolute atomic E-state index is 13.6. The number of aromatic nitrogens is 1. The Kier molecular flexibility index (Phi) is 5.09. The smallest absolute Gasteiger partial charge is 0.387 e. The zero-order valence-corrected chi connectivity index (χ0v) is 12.8. The van der Waals surface area contributed by atoms with Crippen LogP contribution in [0.15, 0.2) is 41.6 Å². The van der Waals surface area contributed by atoms with E-state index in [0.29, 0.717) is 11.3 Å². The molecule has 0 saturated heterocycles. The highest BCUT2D eigenvalue weighted by Gasteiger charge is 2.11. The quantitative estimate of drug-likeness (QED) is 0.871. The first-order valence-corrected chi connectivity index (χ1v) is 8.28. The number of nitrogens with zero attached hydrogens (tertiary/aromatic N) is 1. The predicted octanol–water partition coefficient (Wildman–Crippen LogP) is 2.84. The maximum atomic E-state index is 13.6. The van der Waals surface area contributed by atoms with Crippen molar-refractivity contribution in [1.29, 1.82) is 0 Å². The fourth-order valence-corrected chi connectivity index (χ4v) is 2.31. The Balaban J connectivity index is 2.02. The van der Waals surface area contributed by atoms with Gasteiger partial charge in [-0.2, -0.15) is 8.78 Å². The van der Waals surface area contributed by atoms with E-state index in [-0.39, 0.29) is 11.6 Å². The second kappa shape index (κ2) is 6.86. The average Bonchev–Trinajstić information content (AvgIpc) is 2.47. The molecule has 0 unspecified atom stereocenters. The summed E-state index contributed by atoms with van der Waals surface area (Å²) in [5.74, 6) is -1.42. The third-order valence-electron chi connectivity index (χ3n) is 2.83. The third-order valence-corrected chi connectivity index (χ3v) is 3.83. The van der Waals surface area contributed by atoms with E-state index in [2.05, 4.69) is 15.0 Å². The zero-order chi connectivity index (χ0) is 17.0. The highest BCUT2D eigenvalue weighted by Crippen LogP contribution is 2.21. The molecule has 1 heterocycles. The number of ether oxygens (including phenoxy) is 1. The van der Waals surface area contributed by atoms with Crippen LogP contribution in [0, 0.1) is 5.82 Å². The molecule has 0 aliphatic carbocycles. The molecule has 0 bridgehead atoms. The van der Waals surface area contributed by atoms with Crippen molar-refractivity contribution >= 4 is 15.5 Å². The van der Waals surface area contributed by atoms with Gasteiger partial charge in [0.25, 0.3) is 0 Å². The minimum absolute atomic E-state index is 0.0532. The van der Waals surface area contributed by atoms with Crippen molar-refractivity contribution in [2.45, 2.75) is 18.2 Å². The predicted molar refractivity (Wildman–Crippen MR) is 77.7 cm³/mol. The summed E-state index contributed by atoms with van der Waals surface area (Å²) in [6, 6.07) is 6.49. The van der Waals surface area contributed by atoms with E-state index in [9.17, 15) is 21.6 Å². The van der Waals surface area contributed by atoms with E-state index in [1.54, 1.807) is 0 Å². The van der Waals surface area contributed by atoms with Gasteiger partial charge in [0.05, 0.1) is 11.9 Å². The Labute approximate surface area is 131 Å². The molecule has 1 aromatic heterocycles. The van der Waals surface area contributed by atoms with Crippen LogP contribution in [0.4, 0.5) is 18.9 Å². The van der Waals surface area contributed by atoms with E-state index in [4.69, 9.17) is 0 Å². The number of sulfone groups is 1. The van der Waals surface area contributed by atoms with Gasteiger partial charge in [-0.1, -0.05) is 6.07 Å². The molecular weight excluding hydrogens is 333 g/mol. The van der Waals surface area contributed by atoms with Gasteiger partial charge in [-0.25, -0.2) is 17.8 Å². The van der Waals surface area contributed by atoms with Gasteiger partial charge in [-0.3, -0.25) is 0 Å². The van der Waals surface area contributed by atoms with Crippen molar-refractivity contribution in [2.24, 2.45) is 0 Å². The molecule has 0 aliphatic rings. The summed E-state index contributed by atoms with van der Waals surface area (Å²) in [4.78, 5) is 3.80. The van der Waals surface area contributed by atoms with Crippen LogP contribution >= 0.6 is 0 Å². The minimum atomic E-state index is -3.37. The molecule has 2 aromatic rings. The van der Waals surface area contributed by atoms with E-state index >= 15 is 0 Å². The summed E-state index contributed by atoms with van der Waals surface area (Å²) in [5.41, 5.74) is 1.03. The lowest BCUT2D eigenvalue weighted by molar-refractivity contribution is -0.0522. The summed E-state index contributed by atoms with van der Waals surface area (Å²) in [6.45, 7) is -2.89. The van der Waals surface area contributed by atoms with E-state index < -0.39 is 28.0 Å². The molecule has 23 heavy (non-hydrogen) atoms. The van der Waals surface area contributed by atoms with E-state index in [0.717, 1.165) is 18.4 Å². The van der Waals surface area contributed by atoms with E-state index in [1.807, 2.05) is 0 Å². The molecule has 0 saturated carbocycles. The lowest BCUT2D eigenvalue weighted by atomic mass is 10.2. The van der Waals surface area contributed by atoms with Gasteiger partial charge in [-0.05, 0) is 29.8 Å². The molecular formula is C14H13F3N2O3S. The Hall–Kier alpha value is -2.29. The summed E-state index contributed by atoms with van der Waals surface area (Å²) >= 11 is 0. The summed E-state index contributed by atoms with van der Waals surface area (Å²) in [6.07, 6.45) is 2.38. The van der Waals surface area contributed by atoms with Crippen molar-refractivity contribution in [3.63, 3.8) is 0 Å². The minimum Gasteiger partial charge on any atom is -0.432 e. The molecule has 1 N–H and O–H groups in total. The van der Waals surface area contributed by atoms with Crippen LogP contribution < -0.4 is 10.1 Å². The number of hydrogen-bond acceptors (Lipinski definition) is 5. The molecule has 0 atom stereocenters. The Bertz CT molecular complexity index is 780. The number of hydrogen-bond donors (Lipinski definition) is 1. The summed E-state index contributed by atoms with van der Waals surface area (Å²) in [5, 5.41) is 2.86. The SMILES string of the molecule is CS(=O)(=O)c1ccc(NCc2ccc(OC(F)F)c(F)c2)cn1. The number of anilines is 1. The molecule has 9 heteroatoms. The molecule has 0 aliphatic heterocycles. The number of halogens is 3. The third kappa shape index (κ3) is 4.85. The monoisotopic (exact) mass is 346 g/mol. The fraction of sp³-hybridized carbons (Fsp3) is 0.214. The van der Waals surface area contributed by atoms with Gasteiger partial charge in [0.2, 0.25) is 0 Å². The van der Waals surface area contributed by atoms with Crippen molar-refractivity contribution in [1.82, 2.24) is 4.98 Å². The van der Waals surface area contributed by atoms with Gasteiger partial charge >= 0.3 is 6.61 Å². The van der Waals surface area contributed by atoms with Crippen molar-refractivity contribution < 1.29 is 26.3 Å². The Morgan fingerprint density at radius 3 is 2.52 bits per heavy atom. The molecule has 2 rings (SSSR count). The highest BCUT2D eigenvalue weighted by atomic mass is 32.2. The van der Waals surface area contributed by atoms with Gasteiger partial charge in [-0.15, -0.1) is 0 Å². The van der Waals surface area contributed by atoms with Gasteiger partial charge in [0, 0.05) is 12.8 Å². The van der Waals surface area contributed by atoms with Crippen LogP contribution in [0.25, 0.3) is 0 Å². The molecule has 0 amide bonds. The second-order valence-electron chi connectivity index (χ2n) is 4.65. The number of nitrogens with one attached hydrogen (secondary N) is 1. The number of alkyl halides is 2.